The highest BCUT2D eigenvalue weighted by Crippen LogP contribution is 2.14. The largest absolute Gasteiger partial charge is 0.379 e. The van der Waals surface area contributed by atoms with E-state index >= 15 is 0 Å². The first-order valence-corrected chi connectivity index (χ1v) is 10.8. The predicted molar refractivity (Wildman–Crippen MR) is 118 cm³/mol. The fraction of sp³-hybridized carbons (Fsp3) is 0.682. The van der Waals surface area contributed by atoms with Crippen LogP contribution in [0.3, 0.4) is 0 Å². The monoisotopic (exact) mass is 389 g/mol. The first-order chi connectivity index (χ1) is 13.6. The molecule has 2 rings (SSSR count). The SMILES string of the molecule is CCNC(=NCc1ccccc1CN1CCOCC1)NCCN(CC)C(C)C. The van der Waals surface area contributed by atoms with Gasteiger partial charge in [0, 0.05) is 45.3 Å². The molecule has 1 aliphatic heterocycles. The van der Waals surface area contributed by atoms with E-state index in [4.69, 9.17) is 9.73 Å². The average Bonchev–Trinajstić information content (AvgIpc) is 2.70. The number of hydrogen-bond acceptors (Lipinski definition) is 4. The molecule has 1 heterocycles. The van der Waals surface area contributed by atoms with Gasteiger partial charge < -0.3 is 15.4 Å². The van der Waals surface area contributed by atoms with Crippen molar-refractivity contribution in [2.75, 3.05) is 52.5 Å². The van der Waals surface area contributed by atoms with Crippen LogP contribution in [-0.2, 0) is 17.8 Å². The molecule has 1 fully saturated rings. The average molecular weight is 390 g/mol. The molecule has 0 amide bonds. The Morgan fingerprint density at radius 1 is 1.14 bits per heavy atom. The first-order valence-electron chi connectivity index (χ1n) is 10.8. The fourth-order valence-corrected chi connectivity index (χ4v) is 3.47. The third-order valence-electron chi connectivity index (χ3n) is 5.20. The van der Waals surface area contributed by atoms with Crippen LogP contribution in [-0.4, -0.2) is 74.3 Å². The van der Waals surface area contributed by atoms with Gasteiger partial charge in [0.05, 0.1) is 19.8 Å². The van der Waals surface area contributed by atoms with E-state index < -0.39 is 0 Å². The maximum Gasteiger partial charge on any atom is 0.191 e. The second-order valence-corrected chi connectivity index (χ2v) is 7.50. The zero-order valence-corrected chi connectivity index (χ0v) is 18.2. The highest BCUT2D eigenvalue weighted by atomic mass is 16.5. The van der Waals surface area contributed by atoms with Crippen LogP contribution in [0, 0.1) is 0 Å². The Morgan fingerprint density at radius 2 is 1.86 bits per heavy atom. The van der Waals surface area contributed by atoms with Gasteiger partial charge in [-0.2, -0.15) is 0 Å². The third kappa shape index (κ3) is 7.78. The van der Waals surface area contributed by atoms with Gasteiger partial charge in [-0.3, -0.25) is 9.80 Å². The summed E-state index contributed by atoms with van der Waals surface area (Å²) in [7, 11) is 0. The third-order valence-corrected chi connectivity index (χ3v) is 5.20. The molecule has 0 radical (unpaired) electrons. The van der Waals surface area contributed by atoms with Crippen LogP contribution in [0.4, 0.5) is 0 Å². The summed E-state index contributed by atoms with van der Waals surface area (Å²) in [5.74, 6) is 0.892. The molecule has 0 spiro atoms. The second kappa shape index (κ2) is 12.8. The lowest BCUT2D eigenvalue weighted by molar-refractivity contribution is 0.0341. The number of nitrogens with zero attached hydrogens (tertiary/aromatic N) is 3. The fourth-order valence-electron chi connectivity index (χ4n) is 3.47. The van der Waals surface area contributed by atoms with Gasteiger partial charge in [-0.25, -0.2) is 4.99 Å². The summed E-state index contributed by atoms with van der Waals surface area (Å²) in [6, 6.07) is 9.22. The Labute approximate surface area is 171 Å². The Bertz CT molecular complexity index is 584. The van der Waals surface area contributed by atoms with E-state index in [0.29, 0.717) is 12.6 Å². The van der Waals surface area contributed by atoms with Crippen molar-refractivity contribution in [2.24, 2.45) is 4.99 Å². The number of aliphatic imine (C=N–C) groups is 1. The molecule has 6 nitrogen and oxygen atoms in total. The molecule has 2 N–H and O–H groups in total. The summed E-state index contributed by atoms with van der Waals surface area (Å²) < 4.78 is 5.47. The van der Waals surface area contributed by atoms with Crippen LogP contribution < -0.4 is 10.6 Å². The summed E-state index contributed by atoms with van der Waals surface area (Å²) in [6.45, 7) is 18.0. The van der Waals surface area contributed by atoms with Crippen molar-refractivity contribution in [3.8, 4) is 0 Å². The maximum atomic E-state index is 5.47. The molecule has 28 heavy (non-hydrogen) atoms. The van der Waals surface area contributed by atoms with E-state index in [1.807, 2.05) is 0 Å². The van der Waals surface area contributed by atoms with Crippen molar-refractivity contribution >= 4 is 5.96 Å². The number of likely N-dealkylation sites (N-methyl/N-ethyl adjacent to an activating group) is 1. The van der Waals surface area contributed by atoms with Crippen LogP contribution in [0.5, 0.6) is 0 Å². The van der Waals surface area contributed by atoms with Gasteiger partial charge in [-0.15, -0.1) is 0 Å². The lowest BCUT2D eigenvalue weighted by Crippen LogP contribution is -2.43. The van der Waals surface area contributed by atoms with Gasteiger partial charge in [-0.05, 0) is 38.4 Å². The van der Waals surface area contributed by atoms with Crippen LogP contribution in [0.15, 0.2) is 29.3 Å². The van der Waals surface area contributed by atoms with Crippen molar-refractivity contribution in [3.63, 3.8) is 0 Å². The smallest absolute Gasteiger partial charge is 0.191 e. The van der Waals surface area contributed by atoms with E-state index in [-0.39, 0.29) is 0 Å². The standard InChI is InChI=1S/C22H39N5O/c1-5-23-22(24-11-12-27(6-2)19(3)4)25-17-20-9-7-8-10-21(20)18-26-13-15-28-16-14-26/h7-10,19H,5-6,11-18H2,1-4H3,(H2,23,24,25). The number of guanidine groups is 1. The molecule has 0 unspecified atom stereocenters. The molecular weight excluding hydrogens is 350 g/mol. The number of benzene rings is 1. The van der Waals surface area contributed by atoms with E-state index in [2.05, 4.69) is 72.4 Å². The molecule has 1 aromatic rings. The van der Waals surface area contributed by atoms with Gasteiger partial charge in [-0.1, -0.05) is 31.2 Å². The molecule has 1 aromatic carbocycles. The lowest BCUT2D eigenvalue weighted by Gasteiger charge is -2.27. The van der Waals surface area contributed by atoms with Crippen molar-refractivity contribution in [3.05, 3.63) is 35.4 Å². The van der Waals surface area contributed by atoms with Crippen LogP contribution in [0.2, 0.25) is 0 Å². The van der Waals surface area contributed by atoms with Gasteiger partial charge in [0.15, 0.2) is 5.96 Å². The van der Waals surface area contributed by atoms with Crippen LogP contribution >= 0.6 is 0 Å². The number of ether oxygens (including phenoxy) is 1. The maximum absolute atomic E-state index is 5.47. The summed E-state index contributed by atoms with van der Waals surface area (Å²) in [5.41, 5.74) is 2.66. The summed E-state index contributed by atoms with van der Waals surface area (Å²) in [5, 5.41) is 6.85. The van der Waals surface area contributed by atoms with E-state index in [1.54, 1.807) is 0 Å². The number of morpholine rings is 1. The normalized spacial score (nSPS) is 16.0. The molecule has 0 aromatic heterocycles. The Kier molecular flexibility index (Phi) is 10.3. The number of nitrogens with one attached hydrogen (secondary N) is 2. The minimum absolute atomic E-state index is 0.568. The summed E-state index contributed by atoms with van der Waals surface area (Å²) in [6.07, 6.45) is 0. The minimum Gasteiger partial charge on any atom is -0.379 e. The molecule has 0 saturated carbocycles. The van der Waals surface area contributed by atoms with Gasteiger partial charge in [0.25, 0.3) is 0 Å². The highest BCUT2D eigenvalue weighted by Gasteiger charge is 2.12. The highest BCUT2D eigenvalue weighted by molar-refractivity contribution is 5.79. The van der Waals surface area contributed by atoms with E-state index in [9.17, 15) is 0 Å². The molecule has 0 atom stereocenters. The van der Waals surface area contributed by atoms with Gasteiger partial charge in [0.2, 0.25) is 0 Å². The Hall–Kier alpha value is -1.63. The molecule has 158 valence electrons. The topological polar surface area (TPSA) is 52.1 Å². The zero-order valence-electron chi connectivity index (χ0n) is 18.2. The lowest BCUT2D eigenvalue weighted by atomic mass is 10.1. The molecule has 0 bridgehead atoms. The minimum atomic E-state index is 0.568. The van der Waals surface area contributed by atoms with Crippen molar-refractivity contribution in [1.29, 1.82) is 0 Å². The molecular formula is C22H39N5O. The molecule has 6 heteroatoms. The zero-order chi connectivity index (χ0) is 20.2. The van der Waals surface area contributed by atoms with Crippen LogP contribution in [0.25, 0.3) is 0 Å². The number of rotatable bonds is 10. The second-order valence-electron chi connectivity index (χ2n) is 7.50. The Balaban J connectivity index is 1.94. The van der Waals surface area contributed by atoms with Gasteiger partial charge in [0.1, 0.15) is 0 Å². The molecule has 0 aliphatic carbocycles. The number of hydrogen-bond donors (Lipinski definition) is 2. The predicted octanol–water partition coefficient (Wildman–Crippen LogP) is 2.30. The van der Waals surface area contributed by atoms with E-state index in [1.165, 1.54) is 11.1 Å². The molecule has 1 saturated heterocycles. The van der Waals surface area contributed by atoms with Crippen molar-refractivity contribution in [2.45, 2.75) is 46.8 Å². The molecule has 1 aliphatic rings. The van der Waals surface area contributed by atoms with Crippen molar-refractivity contribution < 1.29 is 4.74 Å². The van der Waals surface area contributed by atoms with Crippen LogP contribution in [0.1, 0.15) is 38.8 Å². The summed E-state index contributed by atoms with van der Waals surface area (Å²) >= 11 is 0. The van der Waals surface area contributed by atoms with Crippen molar-refractivity contribution in [1.82, 2.24) is 20.4 Å². The van der Waals surface area contributed by atoms with E-state index in [0.717, 1.165) is 65.0 Å². The Morgan fingerprint density at radius 3 is 2.50 bits per heavy atom. The first kappa shape index (κ1) is 22.7. The van der Waals surface area contributed by atoms with Gasteiger partial charge >= 0.3 is 0 Å². The quantitative estimate of drug-likeness (QED) is 0.475. The summed E-state index contributed by atoms with van der Waals surface area (Å²) in [4.78, 5) is 9.75.